The highest BCUT2D eigenvalue weighted by Crippen LogP contribution is 2.16. The van der Waals surface area contributed by atoms with Crippen molar-refractivity contribution < 1.29 is 4.79 Å². The molecule has 0 aromatic heterocycles. The second-order valence-electron chi connectivity index (χ2n) is 4.87. The van der Waals surface area contributed by atoms with Crippen LogP contribution in [0.1, 0.15) is 18.4 Å². The molecule has 0 spiro atoms. The molecule has 2 rings (SSSR count). The van der Waals surface area contributed by atoms with Crippen molar-refractivity contribution in [3.8, 4) is 0 Å². The summed E-state index contributed by atoms with van der Waals surface area (Å²) in [5, 5.41) is 3.29. The van der Waals surface area contributed by atoms with Gasteiger partial charge in [-0.1, -0.05) is 28.1 Å². The highest BCUT2D eigenvalue weighted by molar-refractivity contribution is 9.10. The van der Waals surface area contributed by atoms with Crippen molar-refractivity contribution in [3.63, 3.8) is 0 Å². The van der Waals surface area contributed by atoms with Crippen molar-refractivity contribution >= 4 is 21.8 Å². The van der Waals surface area contributed by atoms with Gasteiger partial charge in [0.05, 0.1) is 5.92 Å². The summed E-state index contributed by atoms with van der Waals surface area (Å²) in [6.45, 7) is 2.54. The van der Waals surface area contributed by atoms with Gasteiger partial charge >= 0.3 is 0 Å². The van der Waals surface area contributed by atoms with E-state index < -0.39 is 0 Å². The Kier molecular flexibility index (Phi) is 4.78. The molecule has 0 saturated carbocycles. The third-order valence-corrected chi connectivity index (χ3v) is 3.82. The van der Waals surface area contributed by atoms with Gasteiger partial charge in [-0.05, 0) is 37.1 Å². The minimum Gasteiger partial charge on any atom is -0.341 e. The van der Waals surface area contributed by atoms with E-state index in [2.05, 4.69) is 27.3 Å². The number of amides is 1. The molecule has 1 atom stereocenters. The maximum Gasteiger partial charge on any atom is 0.227 e. The Hall–Kier alpha value is -0.870. The zero-order valence-corrected chi connectivity index (χ0v) is 12.2. The van der Waals surface area contributed by atoms with Gasteiger partial charge < -0.3 is 10.2 Å². The van der Waals surface area contributed by atoms with E-state index in [1.54, 1.807) is 0 Å². The molecule has 18 heavy (non-hydrogen) atoms. The number of benzene rings is 1. The van der Waals surface area contributed by atoms with E-state index in [0.29, 0.717) is 6.54 Å². The van der Waals surface area contributed by atoms with E-state index in [4.69, 9.17) is 0 Å². The maximum atomic E-state index is 12.3. The number of hydrogen-bond donors (Lipinski definition) is 1. The first kappa shape index (κ1) is 13.6. The third-order valence-electron chi connectivity index (χ3n) is 3.33. The fourth-order valence-electron chi connectivity index (χ4n) is 2.36. The van der Waals surface area contributed by atoms with Gasteiger partial charge in [0, 0.05) is 24.6 Å². The second kappa shape index (κ2) is 6.34. The predicted octanol–water partition coefficient (Wildman–Crippen LogP) is 2.41. The summed E-state index contributed by atoms with van der Waals surface area (Å²) in [6, 6.07) is 8.10. The summed E-state index contributed by atoms with van der Waals surface area (Å²) in [7, 11) is 1.89. The van der Waals surface area contributed by atoms with Crippen molar-refractivity contribution in [3.05, 3.63) is 34.3 Å². The quantitative estimate of drug-likeness (QED) is 0.930. The molecule has 1 aliphatic heterocycles. The van der Waals surface area contributed by atoms with Crippen LogP contribution in [0.25, 0.3) is 0 Å². The third kappa shape index (κ3) is 3.56. The number of hydrogen-bond acceptors (Lipinski definition) is 2. The van der Waals surface area contributed by atoms with E-state index in [9.17, 15) is 4.79 Å². The van der Waals surface area contributed by atoms with Crippen molar-refractivity contribution in [1.29, 1.82) is 0 Å². The fourth-order valence-corrected chi connectivity index (χ4v) is 2.81. The number of nitrogens with zero attached hydrogens (tertiary/aromatic N) is 1. The molecule has 1 fully saturated rings. The van der Waals surface area contributed by atoms with E-state index in [1.165, 1.54) is 0 Å². The monoisotopic (exact) mass is 310 g/mol. The van der Waals surface area contributed by atoms with E-state index >= 15 is 0 Å². The van der Waals surface area contributed by atoms with Gasteiger partial charge in [-0.3, -0.25) is 4.79 Å². The molecule has 1 aromatic carbocycles. The first-order chi connectivity index (χ1) is 8.66. The number of nitrogens with one attached hydrogen (secondary N) is 1. The van der Waals surface area contributed by atoms with Gasteiger partial charge in [0.2, 0.25) is 5.91 Å². The lowest BCUT2D eigenvalue weighted by Gasteiger charge is -2.27. The standard InChI is InChI=1S/C14H19BrN2O/c1-17(10-11-4-2-6-13(15)8-11)14(18)12-5-3-7-16-9-12/h2,4,6,8,12,16H,3,5,7,9-10H2,1H3. The number of piperidine rings is 1. The molecule has 1 amide bonds. The highest BCUT2D eigenvalue weighted by atomic mass is 79.9. The Morgan fingerprint density at radius 2 is 2.39 bits per heavy atom. The normalized spacial score (nSPS) is 19.6. The first-order valence-electron chi connectivity index (χ1n) is 6.37. The van der Waals surface area contributed by atoms with E-state index in [-0.39, 0.29) is 11.8 Å². The van der Waals surface area contributed by atoms with Crippen LogP contribution >= 0.6 is 15.9 Å². The molecule has 3 nitrogen and oxygen atoms in total. The Morgan fingerprint density at radius 3 is 3.06 bits per heavy atom. The first-order valence-corrected chi connectivity index (χ1v) is 7.16. The minimum absolute atomic E-state index is 0.149. The summed E-state index contributed by atoms with van der Waals surface area (Å²) < 4.78 is 1.06. The van der Waals surface area contributed by atoms with Gasteiger partial charge in [-0.15, -0.1) is 0 Å². The smallest absolute Gasteiger partial charge is 0.227 e. The molecule has 1 aliphatic rings. The van der Waals surface area contributed by atoms with Crippen LogP contribution in [0.3, 0.4) is 0 Å². The number of halogens is 1. The molecule has 0 radical (unpaired) electrons. The molecule has 4 heteroatoms. The number of carbonyl (C=O) groups is 1. The van der Waals surface area contributed by atoms with Crippen molar-refractivity contribution in [2.75, 3.05) is 20.1 Å². The van der Waals surface area contributed by atoms with E-state index in [1.807, 2.05) is 30.1 Å². The van der Waals surface area contributed by atoms with Gasteiger partial charge in [0.1, 0.15) is 0 Å². The summed E-state index contributed by atoms with van der Waals surface area (Å²) in [5.74, 6) is 0.401. The zero-order chi connectivity index (χ0) is 13.0. The largest absolute Gasteiger partial charge is 0.341 e. The van der Waals surface area contributed by atoms with Crippen LogP contribution in [0.15, 0.2) is 28.7 Å². The van der Waals surface area contributed by atoms with Crippen molar-refractivity contribution in [1.82, 2.24) is 10.2 Å². The highest BCUT2D eigenvalue weighted by Gasteiger charge is 2.23. The second-order valence-corrected chi connectivity index (χ2v) is 5.78. The molecular formula is C14H19BrN2O. The van der Waals surface area contributed by atoms with Crippen LogP contribution in [-0.2, 0) is 11.3 Å². The van der Waals surface area contributed by atoms with Crippen LogP contribution in [0.5, 0.6) is 0 Å². The number of rotatable bonds is 3. The van der Waals surface area contributed by atoms with Crippen molar-refractivity contribution in [2.24, 2.45) is 5.92 Å². The predicted molar refractivity (Wildman–Crippen MR) is 76.2 cm³/mol. The summed E-state index contributed by atoms with van der Waals surface area (Å²) >= 11 is 3.45. The fraction of sp³-hybridized carbons (Fsp3) is 0.500. The molecule has 1 heterocycles. The lowest BCUT2D eigenvalue weighted by molar-refractivity contribution is -0.135. The Morgan fingerprint density at radius 1 is 1.56 bits per heavy atom. The molecular weight excluding hydrogens is 292 g/mol. The molecule has 98 valence electrons. The van der Waals surface area contributed by atoms with Gasteiger partial charge in [0.15, 0.2) is 0 Å². The summed E-state index contributed by atoms with van der Waals surface area (Å²) in [5.41, 5.74) is 1.16. The minimum atomic E-state index is 0.149. The lowest BCUT2D eigenvalue weighted by atomic mass is 9.98. The van der Waals surface area contributed by atoms with E-state index in [0.717, 1.165) is 36.0 Å². The lowest BCUT2D eigenvalue weighted by Crippen LogP contribution is -2.41. The van der Waals surface area contributed by atoms with Crippen LogP contribution in [0.4, 0.5) is 0 Å². The molecule has 1 N–H and O–H groups in total. The van der Waals surface area contributed by atoms with Crippen molar-refractivity contribution in [2.45, 2.75) is 19.4 Å². The van der Waals surface area contributed by atoms with Gasteiger partial charge in [0.25, 0.3) is 0 Å². The molecule has 1 unspecified atom stereocenters. The van der Waals surface area contributed by atoms with Gasteiger partial charge in [-0.25, -0.2) is 0 Å². The van der Waals surface area contributed by atoms with Crippen LogP contribution < -0.4 is 5.32 Å². The molecule has 1 saturated heterocycles. The summed E-state index contributed by atoms with van der Waals surface area (Å²) in [4.78, 5) is 14.1. The van der Waals surface area contributed by atoms with Gasteiger partial charge in [-0.2, -0.15) is 0 Å². The molecule has 1 aromatic rings. The SMILES string of the molecule is CN(Cc1cccc(Br)c1)C(=O)C1CCCNC1. The average molecular weight is 311 g/mol. The Bertz CT molecular complexity index is 416. The topological polar surface area (TPSA) is 32.3 Å². The zero-order valence-electron chi connectivity index (χ0n) is 10.7. The van der Waals surface area contributed by atoms with Crippen LogP contribution in [0.2, 0.25) is 0 Å². The molecule has 0 aliphatic carbocycles. The van der Waals surface area contributed by atoms with Crippen LogP contribution in [-0.4, -0.2) is 30.9 Å². The van der Waals surface area contributed by atoms with Crippen LogP contribution in [0, 0.1) is 5.92 Å². The maximum absolute atomic E-state index is 12.3. The Labute approximate surface area is 117 Å². The molecule has 0 bridgehead atoms. The summed E-state index contributed by atoms with van der Waals surface area (Å²) in [6.07, 6.45) is 2.11. The Balaban J connectivity index is 1.94. The average Bonchev–Trinajstić information content (AvgIpc) is 2.39. The number of carbonyl (C=O) groups excluding carboxylic acids is 1.